The van der Waals surface area contributed by atoms with E-state index in [0.29, 0.717) is 18.0 Å². The second-order valence-corrected chi connectivity index (χ2v) is 6.34. The molecular weight excluding hydrogens is 202 g/mol. The molecule has 1 rings (SSSR count). The fourth-order valence-electron chi connectivity index (χ4n) is 2.32. The van der Waals surface area contributed by atoms with Crippen LogP contribution in [-0.4, -0.2) is 34.1 Å². The van der Waals surface area contributed by atoms with Crippen LogP contribution < -0.4 is 0 Å². The van der Waals surface area contributed by atoms with Gasteiger partial charge in [-0.2, -0.15) is 0 Å². The molecule has 1 aliphatic carbocycles. The summed E-state index contributed by atoms with van der Waals surface area (Å²) in [7, 11) is 0. The number of hydrogen-bond acceptors (Lipinski definition) is 2. The molecule has 0 aliphatic heterocycles. The van der Waals surface area contributed by atoms with Crippen LogP contribution in [0.15, 0.2) is 0 Å². The molecule has 0 aromatic heterocycles. The van der Waals surface area contributed by atoms with E-state index in [1.54, 1.807) is 0 Å². The van der Waals surface area contributed by atoms with Gasteiger partial charge in [-0.15, -0.1) is 0 Å². The summed E-state index contributed by atoms with van der Waals surface area (Å²) >= 11 is 0. The van der Waals surface area contributed by atoms with Gasteiger partial charge in [0.25, 0.3) is 0 Å². The van der Waals surface area contributed by atoms with Crippen molar-refractivity contribution < 1.29 is 9.90 Å². The average Bonchev–Trinajstić information content (AvgIpc) is 2.82. The van der Waals surface area contributed by atoms with Crippen LogP contribution in [0.3, 0.4) is 0 Å². The van der Waals surface area contributed by atoms with Crippen LogP contribution in [-0.2, 0) is 4.79 Å². The predicted octanol–water partition coefficient (Wildman–Crippen LogP) is 2.75. The Hall–Kier alpha value is -0.570. The second-order valence-electron chi connectivity index (χ2n) is 6.34. The van der Waals surface area contributed by atoms with Crippen molar-refractivity contribution in [3.05, 3.63) is 0 Å². The average molecular weight is 227 g/mol. The predicted molar refractivity (Wildman–Crippen MR) is 65.5 cm³/mol. The molecular formula is C13H25NO2. The molecule has 1 atom stereocenters. The maximum Gasteiger partial charge on any atom is 0.304 e. The maximum atomic E-state index is 10.7. The first-order valence-electron chi connectivity index (χ1n) is 6.15. The Balaban J connectivity index is 2.67. The minimum Gasteiger partial charge on any atom is -0.481 e. The molecule has 3 nitrogen and oxygen atoms in total. The van der Waals surface area contributed by atoms with E-state index >= 15 is 0 Å². The van der Waals surface area contributed by atoms with E-state index in [-0.39, 0.29) is 12.0 Å². The van der Waals surface area contributed by atoms with Crippen molar-refractivity contribution in [1.82, 2.24) is 4.90 Å². The highest BCUT2D eigenvalue weighted by Gasteiger charge is 2.46. The summed E-state index contributed by atoms with van der Waals surface area (Å²) in [4.78, 5) is 13.0. The molecule has 0 saturated heterocycles. The standard InChI is InChI=1S/C13H25NO2/c1-10(13(5)7-8-13)14(12(2,3)4)9-6-11(15)16/h10H,6-9H2,1-5H3,(H,15,16). The summed E-state index contributed by atoms with van der Waals surface area (Å²) in [6, 6.07) is 0.465. The Morgan fingerprint density at radius 3 is 2.25 bits per heavy atom. The molecule has 0 spiro atoms. The van der Waals surface area contributed by atoms with Gasteiger partial charge < -0.3 is 5.11 Å². The fraction of sp³-hybridized carbons (Fsp3) is 0.923. The third-order valence-electron chi connectivity index (χ3n) is 3.94. The van der Waals surface area contributed by atoms with Gasteiger partial charge in [-0.25, -0.2) is 0 Å². The van der Waals surface area contributed by atoms with Gasteiger partial charge in [0.1, 0.15) is 0 Å². The summed E-state index contributed by atoms with van der Waals surface area (Å²) in [5, 5.41) is 8.80. The van der Waals surface area contributed by atoms with Gasteiger partial charge in [-0.3, -0.25) is 9.69 Å². The second kappa shape index (κ2) is 4.36. The molecule has 1 N–H and O–H groups in total. The van der Waals surface area contributed by atoms with E-state index < -0.39 is 5.97 Å². The van der Waals surface area contributed by atoms with Gasteiger partial charge in [-0.1, -0.05) is 6.92 Å². The third-order valence-corrected chi connectivity index (χ3v) is 3.94. The molecule has 16 heavy (non-hydrogen) atoms. The monoisotopic (exact) mass is 227 g/mol. The zero-order chi connectivity index (χ0) is 12.6. The molecule has 94 valence electrons. The van der Waals surface area contributed by atoms with E-state index in [9.17, 15) is 4.79 Å². The molecule has 0 aromatic carbocycles. The van der Waals surface area contributed by atoms with Crippen molar-refractivity contribution in [1.29, 1.82) is 0 Å². The van der Waals surface area contributed by atoms with Crippen LogP contribution in [0.2, 0.25) is 0 Å². The van der Waals surface area contributed by atoms with Crippen molar-refractivity contribution in [2.45, 2.75) is 65.5 Å². The van der Waals surface area contributed by atoms with E-state index in [4.69, 9.17) is 5.11 Å². The zero-order valence-electron chi connectivity index (χ0n) is 11.2. The summed E-state index contributed by atoms with van der Waals surface area (Å²) in [5.41, 5.74) is 0.451. The van der Waals surface area contributed by atoms with Crippen LogP contribution in [0.5, 0.6) is 0 Å². The first-order chi connectivity index (χ1) is 7.17. The number of carbonyl (C=O) groups is 1. The number of aliphatic carboxylic acids is 1. The molecule has 1 unspecified atom stereocenters. The Labute approximate surface area is 98.8 Å². The fourth-order valence-corrected chi connectivity index (χ4v) is 2.32. The molecule has 0 aromatic rings. The van der Waals surface area contributed by atoms with Crippen molar-refractivity contribution in [3.8, 4) is 0 Å². The Kier molecular flexibility index (Phi) is 3.68. The summed E-state index contributed by atoms with van der Waals surface area (Å²) in [5.74, 6) is -0.706. The summed E-state index contributed by atoms with van der Waals surface area (Å²) < 4.78 is 0. The van der Waals surface area contributed by atoms with E-state index in [0.717, 1.165) is 0 Å². The number of rotatable bonds is 5. The molecule has 1 aliphatic rings. The van der Waals surface area contributed by atoms with Crippen LogP contribution >= 0.6 is 0 Å². The minimum absolute atomic E-state index is 0.0421. The highest BCUT2D eigenvalue weighted by atomic mass is 16.4. The molecule has 0 amide bonds. The van der Waals surface area contributed by atoms with Crippen molar-refractivity contribution in [2.75, 3.05) is 6.54 Å². The first kappa shape index (κ1) is 13.5. The number of carboxylic acid groups (broad SMARTS) is 1. The van der Waals surface area contributed by atoms with Gasteiger partial charge in [0, 0.05) is 18.1 Å². The third kappa shape index (κ3) is 3.21. The molecule has 1 fully saturated rings. The van der Waals surface area contributed by atoms with Gasteiger partial charge in [-0.05, 0) is 46.0 Å². The van der Waals surface area contributed by atoms with Gasteiger partial charge in [0.15, 0.2) is 0 Å². The quantitative estimate of drug-likeness (QED) is 0.785. The van der Waals surface area contributed by atoms with Crippen molar-refractivity contribution >= 4 is 5.97 Å². The lowest BCUT2D eigenvalue weighted by Gasteiger charge is -2.43. The molecule has 0 heterocycles. The zero-order valence-corrected chi connectivity index (χ0v) is 11.2. The van der Waals surface area contributed by atoms with Gasteiger partial charge in [0.2, 0.25) is 0 Å². The number of nitrogens with zero attached hydrogens (tertiary/aromatic N) is 1. The lowest BCUT2D eigenvalue weighted by molar-refractivity contribution is -0.137. The molecule has 1 saturated carbocycles. The number of carboxylic acids is 1. The van der Waals surface area contributed by atoms with E-state index in [1.807, 2.05) is 0 Å². The van der Waals surface area contributed by atoms with E-state index in [1.165, 1.54) is 12.8 Å². The summed E-state index contributed by atoms with van der Waals surface area (Å²) in [6.45, 7) is 11.7. The first-order valence-corrected chi connectivity index (χ1v) is 6.15. The Morgan fingerprint density at radius 1 is 1.44 bits per heavy atom. The van der Waals surface area contributed by atoms with Crippen LogP contribution in [0.4, 0.5) is 0 Å². The molecule has 0 radical (unpaired) electrons. The van der Waals surface area contributed by atoms with Crippen LogP contribution in [0.1, 0.15) is 53.9 Å². The van der Waals surface area contributed by atoms with Crippen molar-refractivity contribution in [2.24, 2.45) is 5.41 Å². The summed E-state index contributed by atoms with van der Waals surface area (Å²) in [6.07, 6.45) is 2.78. The van der Waals surface area contributed by atoms with Gasteiger partial charge in [0.05, 0.1) is 6.42 Å². The maximum absolute atomic E-state index is 10.7. The van der Waals surface area contributed by atoms with Crippen molar-refractivity contribution in [3.63, 3.8) is 0 Å². The number of hydrogen-bond donors (Lipinski definition) is 1. The lowest BCUT2D eigenvalue weighted by Crippen LogP contribution is -2.50. The molecule has 0 bridgehead atoms. The highest BCUT2D eigenvalue weighted by Crippen LogP contribution is 2.50. The Bertz CT molecular complexity index is 264. The smallest absolute Gasteiger partial charge is 0.304 e. The minimum atomic E-state index is -0.706. The Morgan fingerprint density at radius 2 is 1.94 bits per heavy atom. The van der Waals surface area contributed by atoms with E-state index in [2.05, 4.69) is 39.5 Å². The van der Waals surface area contributed by atoms with Gasteiger partial charge >= 0.3 is 5.97 Å². The largest absolute Gasteiger partial charge is 0.481 e. The molecule has 3 heteroatoms. The van der Waals surface area contributed by atoms with Crippen LogP contribution in [0.25, 0.3) is 0 Å². The topological polar surface area (TPSA) is 40.5 Å². The lowest BCUT2D eigenvalue weighted by atomic mass is 9.93. The van der Waals surface area contributed by atoms with Crippen LogP contribution in [0, 0.1) is 5.41 Å². The normalized spacial score (nSPS) is 20.9. The highest BCUT2D eigenvalue weighted by molar-refractivity contribution is 5.66. The SMILES string of the molecule is CC(N(CCC(=O)O)C(C)(C)C)C1(C)CC1.